The normalized spacial score (nSPS) is 19.9. The molecular formula is C13H18N2O4S. The zero-order valence-corrected chi connectivity index (χ0v) is 12.2. The van der Waals surface area contributed by atoms with Crippen LogP contribution in [0.4, 0.5) is 0 Å². The molecule has 7 heteroatoms. The molecule has 0 saturated carbocycles. The second-order valence-corrected chi connectivity index (χ2v) is 6.04. The molecule has 1 fully saturated rings. The third kappa shape index (κ3) is 3.34. The zero-order valence-electron chi connectivity index (χ0n) is 11.3. The van der Waals surface area contributed by atoms with Crippen molar-refractivity contribution in [1.82, 2.24) is 9.88 Å². The molecule has 2 heterocycles. The second-order valence-electron chi connectivity index (χ2n) is 4.95. The van der Waals surface area contributed by atoms with Crippen LogP contribution in [0.15, 0.2) is 0 Å². The first-order valence-electron chi connectivity index (χ1n) is 6.68. The van der Waals surface area contributed by atoms with Crippen LogP contribution in [0.3, 0.4) is 0 Å². The fourth-order valence-corrected chi connectivity index (χ4v) is 3.50. The Bertz CT molecular complexity index is 514. The van der Waals surface area contributed by atoms with Gasteiger partial charge >= 0.3 is 11.9 Å². The number of carboxylic acids is 2. The minimum atomic E-state index is -0.937. The quantitative estimate of drug-likeness (QED) is 0.860. The molecule has 1 atom stereocenters. The SMILES string of the molecule is CCc1nc(CN2CCCC(C(=O)O)C2)sc1C(=O)O. The fourth-order valence-electron chi connectivity index (χ4n) is 2.47. The van der Waals surface area contributed by atoms with E-state index in [1.807, 2.05) is 11.8 Å². The van der Waals surface area contributed by atoms with E-state index in [0.29, 0.717) is 36.5 Å². The summed E-state index contributed by atoms with van der Waals surface area (Å²) in [6, 6.07) is 0. The third-order valence-corrected chi connectivity index (χ3v) is 4.55. The monoisotopic (exact) mass is 298 g/mol. The first kappa shape index (κ1) is 14.9. The molecule has 1 aliphatic heterocycles. The average molecular weight is 298 g/mol. The second kappa shape index (κ2) is 6.32. The van der Waals surface area contributed by atoms with Gasteiger partial charge in [0.05, 0.1) is 18.2 Å². The minimum absolute atomic E-state index is 0.300. The molecule has 2 rings (SSSR count). The lowest BCUT2D eigenvalue weighted by atomic mass is 9.98. The molecule has 6 nitrogen and oxygen atoms in total. The predicted molar refractivity (Wildman–Crippen MR) is 74.1 cm³/mol. The number of likely N-dealkylation sites (tertiary alicyclic amines) is 1. The molecule has 1 saturated heterocycles. The molecule has 20 heavy (non-hydrogen) atoms. The standard InChI is InChI=1S/C13H18N2O4S/c1-2-9-11(13(18)19)20-10(14-9)7-15-5-3-4-8(6-15)12(16)17/h8H,2-7H2,1H3,(H,16,17)(H,18,19). The van der Waals surface area contributed by atoms with Gasteiger partial charge in [-0.3, -0.25) is 9.69 Å². The Morgan fingerprint density at radius 2 is 2.20 bits per heavy atom. The van der Waals surface area contributed by atoms with Crippen LogP contribution in [-0.2, 0) is 17.8 Å². The summed E-state index contributed by atoms with van der Waals surface area (Å²) < 4.78 is 0. The van der Waals surface area contributed by atoms with Crippen LogP contribution in [0.2, 0.25) is 0 Å². The number of aromatic nitrogens is 1. The Balaban J connectivity index is 2.06. The van der Waals surface area contributed by atoms with Gasteiger partial charge in [0.1, 0.15) is 9.88 Å². The van der Waals surface area contributed by atoms with Gasteiger partial charge in [-0.15, -0.1) is 11.3 Å². The van der Waals surface area contributed by atoms with Gasteiger partial charge in [-0.2, -0.15) is 0 Å². The molecule has 1 aromatic heterocycles. The van der Waals surface area contributed by atoms with Crippen molar-refractivity contribution in [3.8, 4) is 0 Å². The highest BCUT2D eigenvalue weighted by Gasteiger charge is 2.26. The van der Waals surface area contributed by atoms with Crippen molar-refractivity contribution in [2.24, 2.45) is 5.92 Å². The van der Waals surface area contributed by atoms with E-state index in [0.717, 1.165) is 18.0 Å². The highest BCUT2D eigenvalue weighted by Crippen LogP contribution is 2.23. The maximum atomic E-state index is 11.1. The number of aliphatic carboxylic acids is 1. The Morgan fingerprint density at radius 1 is 1.45 bits per heavy atom. The van der Waals surface area contributed by atoms with Gasteiger partial charge in [0.2, 0.25) is 0 Å². The van der Waals surface area contributed by atoms with Crippen LogP contribution >= 0.6 is 11.3 Å². The van der Waals surface area contributed by atoms with Gasteiger partial charge in [-0.25, -0.2) is 9.78 Å². The Morgan fingerprint density at radius 3 is 2.75 bits per heavy atom. The highest BCUT2D eigenvalue weighted by atomic mass is 32.1. The summed E-state index contributed by atoms with van der Waals surface area (Å²) in [7, 11) is 0. The molecule has 110 valence electrons. The van der Waals surface area contributed by atoms with Crippen LogP contribution in [0.25, 0.3) is 0 Å². The number of nitrogens with zero attached hydrogens (tertiary/aromatic N) is 2. The van der Waals surface area contributed by atoms with Crippen LogP contribution in [0, 0.1) is 5.92 Å². The van der Waals surface area contributed by atoms with Crippen LogP contribution in [0.1, 0.15) is 40.1 Å². The summed E-state index contributed by atoms with van der Waals surface area (Å²) in [4.78, 5) is 28.8. The van der Waals surface area contributed by atoms with Gasteiger partial charge in [0, 0.05) is 6.54 Å². The number of hydrogen-bond donors (Lipinski definition) is 2. The van der Waals surface area contributed by atoms with E-state index in [2.05, 4.69) is 4.98 Å². The van der Waals surface area contributed by atoms with Gasteiger partial charge < -0.3 is 10.2 Å². The summed E-state index contributed by atoms with van der Waals surface area (Å²) in [5.74, 6) is -2.02. The predicted octanol–water partition coefficient (Wildman–Crippen LogP) is 1.70. The number of thiazole rings is 1. The Hall–Kier alpha value is -1.47. The van der Waals surface area contributed by atoms with E-state index < -0.39 is 11.9 Å². The van der Waals surface area contributed by atoms with Crippen molar-refractivity contribution < 1.29 is 19.8 Å². The molecule has 0 bridgehead atoms. The molecule has 0 spiro atoms. The van der Waals surface area contributed by atoms with E-state index in [4.69, 9.17) is 10.2 Å². The summed E-state index contributed by atoms with van der Waals surface area (Å²) in [5, 5.41) is 18.9. The number of carbonyl (C=O) groups is 2. The smallest absolute Gasteiger partial charge is 0.347 e. The van der Waals surface area contributed by atoms with Crippen molar-refractivity contribution in [3.05, 3.63) is 15.6 Å². The van der Waals surface area contributed by atoms with Crippen molar-refractivity contribution in [2.45, 2.75) is 32.7 Å². The largest absolute Gasteiger partial charge is 0.481 e. The molecule has 0 aromatic carbocycles. The van der Waals surface area contributed by atoms with Crippen molar-refractivity contribution >= 4 is 23.3 Å². The maximum absolute atomic E-state index is 11.1. The zero-order chi connectivity index (χ0) is 14.7. The van der Waals surface area contributed by atoms with Gasteiger partial charge in [-0.1, -0.05) is 6.92 Å². The van der Waals surface area contributed by atoms with E-state index >= 15 is 0 Å². The van der Waals surface area contributed by atoms with E-state index in [-0.39, 0.29) is 5.92 Å². The van der Waals surface area contributed by atoms with Crippen molar-refractivity contribution in [1.29, 1.82) is 0 Å². The molecule has 1 unspecified atom stereocenters. The molecule has 2 N–H and O–H groups in total. The number of carboxylic acid groups (broad SMARTS) is 2. The summed E-state index contributed by atoms with van der Waals surface area (Å²) in [6.45, 7) is 3.77. The van der Waals surface area contributed by atoms with Gasteiger partial charge in [-0.05, 0) is 25.8 Å². The van der Waals surface area contributed by atoms with E-state index in [1.165, 1.54) is 11.3 Å². The molecular weight excluding hydrogens is 280 g/mol. The van der Waals surface area contributed by atoms with E-state index in [9.17, 15) is 9.59 Å². The Labute approximate surface area is 121 Å². The van der Waals surface area contributed by atoms with Gasteiger partial charge in [0.15, 0.2) is 0 Å². The van der Waals surface area contributed by atoms with Gasteiger partial charge in [0.25, 0.3) is 0 Å². The molecule has 0 aliphatic carbocycles. The topological polar surface area (TPSA) is 90.7 Å². The van der Waals surface area contributed by atoms with Crippen LogP contribution in [-0.4, -0.2) is 45.1 Å². The third-order valence-electron chi connectivity index (χ3n) is 3.48. The Kier molecular flexibility index (Phi) is 4.72. The lowest BCUT2D eigenvalue weighted by Gasteiger charge is -2.29. The summed E-state index contributed by atoms with van der Waals surface area (Å²) in [6.07, 6.45) is 2.16. The number of piperidine rings is 1. The van der Waals surface area contributed by atoms with E-state index in [1.54, 1.807) is 0 Å². The molecule has 0 amide bonds. The number of aromatic carboxylic acids is 1. The first-order valence-corrected chi connectivity index (χ1v) is 7.50. The molecule has 0 radical (unpaired) electrons. The van der Waals surface area contributed by atoms with Crippen LogP contribution < -0.4 is 0 Å². The molecule has 1 aliphatic rings. The fraction of sp³-hybridized carbons (Fsp3) is 0.615. The average Bonchev–Trinajstić information content (AvgIpc) is 2.82. The number of hydrogen-bond acceptors (Lipinski definition) is 5. The first-order chi connectivity index (χ1) is 9.51. The van der Waals surface area contributed by atoms with Crippen LogP contribution in [0.5, 0.6) is 0 Å². The van der Waals surface area contributed by atoms with Crippen molar-refractivity contribution in [2.75, 3.05) is 13.1 Å². The van der Waals surface area contributed by atoms with Crippen molar-refractivity contribution in [3.63, 3.8) is 0 Å². The molecule has 1 aromatic rings. The maximum Gasteiger partial charge on any atom is 0.347 e. The lowest BCUT2D eigenvalue weighted by Crippen LogP contribution is -2.38. The number of aryl methyl sites for hydroxylation is 1. The highest BCUT2D eigenvalue weighted by molar-refractivity contribution is 7.13. The summed E-state index contributed by atoms with van der Waals surface area (Å²) >= 11 is 1.20. The summed E-state index contributed by atoms with van der Waals surface area (Å²) in [5.41, 5.74) is 0.615. The minimum Gasteiger partial charge on any atom is -0.481 e. The number of rotatable bonds is 5. The lowest BCUT2D eigenvalue weighted by molar-refractivity contribution is -0.143.